The summed E-state index contributed by atoms with van der Waals surface area (Å²) in [5, 5.41) is 28.0. The molecule has 0 aromatic rings. The molecule has 0 aliphatic heterocycles. The molecule has 154 valence electrons. The van der Waals surface area contributed by atoms with Gasteiger partial charge in [-0.3, -0.25) is 0 Å². The highest BCUT2D eigenvalue weighted by atomic mass is 16.4. The molecule has 0 rings (SSSR count). The van der Waals surface area contributed by atoms with Crippen molar-refractivity contribution in [2.24, 2.45) is 0 Å². The number of hydrogen-bond acceptors (Lipinski definition) is 4. The first-order valence-electron chi connectivity index (χ1n) is 8.46. The van der Waals surface area contributed by atoms with Gasteiger partial charge in [0.25, 0.3) is 0 Å². The number of carbonyl (C=O) groups excluding carboxylic acids is 1. The molecule has 7 heteroatoms. The number of aliphatic carboxylic acids is 1. The lowest BCUT2D eigenvalue weighted by molar-refractivity contribution is -0.362. The van der Waals surface area contributed by atoms with Gasteiger partial charge >= 0.3 is 0 Å². The van der Waals surface area contributed by atoms with Gasteiger partial charge in [0.15, 0.2) is 0 Å². The third-order valence-electron chi connectivity index (χ3n) is 2.73. The minimum atomic E-state index is -0.908. The number of carboxylic acid groups (broad SMARTS) is 1. The van der Waals surface area contributed by atoms with Crippen LogP contribution < -0.4 is 33.8 Å². The summed E-state index contributed by atoms with van der Waals surface area (Å²) in [4.78, 5) is 10.1. The van der Waals surface area contributed by atoms with Crippen LogP contribution in [0.15, 0.2) is 0 Å². The fraction of sp³-hybridized carbons (Fsp3) is 0.941. The number of carbonyl (C=O) groups is 1. The summed E-state index contributed by atoms with van der Waals surface area (Å²) in [6, 6.07) is 0. The van der Waals surface area contributed by atoms with Crippen molar-refractivity contribution in [3.63, 3.8) is 0 Å². The van der Waals surface area contributed by atoms with Gasteiger partial charge in [0.2, 0.25) is 0 Å². The van der Waals surface area contributed by atoms with Gasteiger partial charge in [-0.05, 0) is 12.8 Å². The number of quaternary nitrogens is 3. The lowest BCUT2D eigenvalue weighted by atomic mass is 10.1. The van der Waals surface area contributed by atoms with Crippen LogP contribution in [0.25, 0.3) is 0 Å². The molecule has 0 aromatic carbocycles. The van der Waals surface area contributed by atoms with E-state index in [9.17, 15) is 9.90 Å². The zero-order chi connectivity index (χ0) is 16.8. The SMILES string of the molecule is CCCCCCCCCCCCC(=O)[O-].CC[O-].CC[O-].[NH4+].[NH4+].[NH4+]. The van der Waals surface area contributed by atoms with Crippen molar-refractivity contribution >= 4 is 5.97 Å². The van der Waals surface area contributed by atoms with Crippen LogP contribution in [0.2, 0.25) is 0 Å². The Morgan fingerprint density at radius 2 is 0.875 bits per heavy atom. The molecule has 0 fully saturated rings. The molecule has 0 radical (unpaired) electrons. The van der Waals surface area contributed by atoms with Gasteiger partial charge in [0, 0.05) is 5.97 Å². The van der Waals surface area contributed by atoms with Crippen LogP contribution in [0.3, 0.4) is 0 Å². The van der Waals surface area contributed by atoms with Crippen LogP contribution in [-0.2, 0) is 4.79 Å². The predicted molar refractivity (Wildman–Crippen MR) is 101 cm³/mol. The Morgan fingerprint density at radius 1 is 0.625 bits per heavy atom. The fourth-order valence-corrected chi connectivity index (χ4v) is 1.76. The summed E-state index contributed by atoms with van der Waals surface area (Å²) in [5.41, 5.74) is 0. The van der Waals surface area contributed by atoms with Crippen LogP contribution in [0.4, 0.5) is 0 Å². The molecule has 0 atom stereocenters. The Balaban J connectivity index is -0.0000000786. The van der Waals surface area contributed by atoms with E-state index in [2.05, 4.69) is 6.92 Å². The lowest BCUT2D eigenvalue weighted by Gasteiger charge is -2.02. The van der Waals surface area contributed by atoms with Crippen molar-refractivity contribution in [2.45, 2.75) is 91.4 Å². The summed E-state index contributed by atoms with van der Waals surface area (Å²) in [7, 11) is 0. The van der Waals surface area contributed by atoms with Gasteiger partial charge in [-0.25, -0.2) is 0 Å². The Labute approximate surface area is 150 Å². The predicted octanol–water partition coefficient (Wildman–Crippen LogP) is 2.91. The van der Waals surface area contributed by atoms with Crippen molar-refractivity contribution in [3.05, 3.63) is 0 Å². The molecule has 7 nitrogen and oxygen atoms in total. The normalized spacial score (nSPS) is 8.04. The van der Waals surface area contributed by atoms with E-state index in [0.717, 1.165) is 12.8 Å². The third-order valence-corrected chi connectivity index (χ3v) is 2.73. The molecule has 0 amide bonds. The van der Waals surface area contributed by atoms with Crippen molar-refractivity contribution in [1.82, 2.24) is 18.5 Å². The van der Waals surface area contributed by atoms with Crippen LogP contribution in [0, 0.1) is 0 Å². The second-order valence-corrected chi connectivity index (χ2v) is 4.88. The molecule has 0 aliphatic carbocycles. The third kappa shape index (κ3) is 68.8. The fourth-order valence-electron chi connectivity index (χ4n) is 1.76. The number of unbranched alkanes of at least 4 members (excludes halogenated alkanes) is 9. The number of hydrogen-bond donors (Lipinski definition) is 3. The van der Waals surface area contributed by atoms with E-state index in [0.29, 0.717) is 0 Å². The molecule has 12 N–H and O–H groups in total. The maximum Gasteiger partial charge on any atom is 0.0414 e. The summed E-state index contributed by atoms with van der Waals surface area (Å²) in [6.45, 7) is 5.37. The molecule has 0 aliphatic rings. The van der Waals surface area contributed by atoms with E-state index in [-0.39, 0.29) is 38.1 Å². The summed E-state index contributed by atoms with van der Waals surface area (Å²) >= 11 is 0. The van der Waals surface area contributed by atoms with E-state index < -0.39 is 5.97 Å². The zero-order valence-electron chi connectivity index (χ0n) is 17.3. The molecule has 0 unspecified atom stereocenters. The maximum absolute atomic E-state index is 10.1. The zero-order valence-corrected chi connectivity index (χ0v) is 17.3. The average Bonchev–Trinajstić information content (AvgIpc) is 2.42. The molecular weight excluding hydrogens is 310 g/mol. The van der Waals surface area contributed by atoms with E-state index >= 15 is 0 Å². The molecule has 0 saturated carbocycles. The maximum atomic E-state index is 10.1. The molecule has 24 heavy (non-hydrogen) atoms. The summed E-state index contributed by atoms with van der Waals surface area (Å²) in [5.74, 6) is -0.908. The molecule has 0 saturated heterocycles. The first kappa shape index (κ1) is 38.7. The van der Waals surface area contributed by atoms with Crippen molar-refractivity contribution in [3.8, 4) is 0 Å². The topological polar surface area (TPSA) is 196 Å². The molecule has 0 heterocycles. The van der Waals surface area contributed by atoms with Crippen LogP contribution >= 0.6 is 0 Å². The Bertz CT molecular complexity index is 183. The minimum absolute atomic E-state index is 0. The lowest BCUT2D eigenvalue weighted by Crippen LogP contribution is -2.21. The first-order valence-corrected chi connectivity index (χ1v) is 8.46. The van der Waals surface area contributed by atoms with E-state index in [1.165, 1.54) is 51.4 Å². The molecule has 0 spiro atoms. The van der Waals surface area contributed by atoms with Gasteiger partial charge in [-0.15, -0.1) is 13.2 Å². The standard InChI is InChI=1S/C13H26O2.2C2H5O.3H3N/c1-2-3-4-5-6-7-8-9-10-11-12-13(14)15;2*1-2-3;;;/h2-12H2,1H3,(H,14,15);2*2H2,1H3;3*1H3/q;2*-1;;;/p+2. The highest BCUT2D eigenvalue weighted by Crippen LogP contribution is 2.10. The smallest absolute Gasteiger partial charge is 0.0414 e. The average molecular weight is 358 g/mol. The van der Waals surface area contributed by atoms with Gasteiger partial charge in [0.1, 0.15) is 0 Å². The number of carboxylic acids is 1. The van der Waals surface area contributed by atoms with E-state index in [1.54, 1.807) is 13.8 Å². The molecular formula is C17H47N3O4. The second kappa shape index (κ2) is 43.2. The molecule has 0 bridgehead atoms. The Kier molecular flexibility index (Phi) is 69.7. The van der Waals surface area contributed by atoms with Gasteiger partial charge in [-0.1, -0.05) is 78.6 Å². The van der Waals surface area contributed by atoms with Crippen LogP contribution in [0.5, 0.6) is 0 Å². The Hall–Kier alpha value is -0.730. The Morgan fingerprint density at radius 3 is 1.12 bits per heavy atom. The van der Waals surface area contributed by atoms with Gasteiger partial charge in [0.05, 0.1) is 0 Å². The quantitative estimate of drug-likeness (QED) is 0.478. The monoisotopic (exact) mass is 357 g/mol. The van der Waals surface area contributed by atoms with E-state index in [1.807, 2.05) is 0 Å². The highest BCUT2D eigenvalue weighted by molar-refractivity contribution is 5.63. The summed E-state index contributed by atoms with van der Waals surface area (Å²) in [6.07, 6.45) is 12.6. The highest BCUT2D eigenvalue weighted by Gasteiger charge is 1.92. The molecule has 0 aromatic heterocycles. The first-order chi connectivity index (χ1) is 10.1. The number of rotatable bonds is 11. The van der Waals surface area contributed by atoms with Crippen LogP contribution in [0.1, 0.15) is 91.4 Å². The van der Waals surface area contributed by atoms with Crippen molar-refractivity contribution < 1.29 is 20.1 Å². The van der Waals surface area contributed by atoms with Crippen molar-refractivity contribution in [1.29, 1.82) is 0 Å². The van der Waals surface area contributed by atoms with Gasteiger partial charge < -0.3 is 38.6 Å². The summed E-state index contributed by atoms with van der Waals surface area (Å²) < 4.78 is 0. The minimum Gasteiger partial charge on any atom is -0.855 e. The van der Waals surface area contributed by atoms with Crippen molar-refractivity contribution in [2.75, 3.05) is 13.2 Å². The largest absolute Gasteiger partial charge is 0.855 e. The van der Waals surface area contributed by atoms with Gasteiger partial charge in [-0.2, -0.15) is 0 Å². The van der Waals surface area contributed by atoms with E-state index in [4.69, 9.17) is 10.2 Å². The second-order valence-electron chi connectivity index (χ2n) is 4.88. The van der Waals surface area contributed by atoms with Crippen LogP contribution in [-0.4, -0.2) is 19.2 Å².